The van der Waals surface area contributed by atoms with Crippen molar-refractivity contribution in [2.24, 2.45) is 0 Å². The molecule has 152 valence electrons. The fourth-order valence-corrected chi connectivity index (χ4v) is 4.07. The summed E-state index contributed by atoms with van der Waals surface area (Å²) in [7, 11) is 3.22. The van der Waals surface area contributed by atoms with Gasteiger partial charge in [0.1, 0.15) is 16.7 Å². The van der Waals surface area contributed by atoms with Crippen LogP contribution in [0, 0.1) is 0 Å². The Hall–Kier alpha value is -3.45. The number of hydrogen-bond acceptors (Lipinski definition) is 5. The van der Waals surface area contributed by atoms with E-state index in [2.05, 4.69) is 15.3 Å². The largest absolute Gasteiger partial charge is 0.497 e. The van der Waals surface area contributed by atoms with Crippen molar-refractivity contribution >= 4 is 34.4 Å². The van der Waals surface area contributed by atoms with E-state index in [-0.39, 0.29) is 5.91 Å². The van der Waals surface area contributed by atoms with E-state index in [0.29, 0.717) is 16.6 Å². The zero-order chi connectivity index (χ0) is 20.9. The number of imidazole rings is 1. The van der Waals surface area contributed by atoms with Crippen LogP contribution in [0.25, 0.3) is 11.0 Å². The van der Waals surface area contributed by atoms with Gasteiger partial charge in [0.25, 0.3) is 0 Å². The molecule has 1 atom stereocenters. The second kappa shape index (κ2) is 8.92. The number of ether oxygens (including phenoxy) is 2. The summed E-state index contributed by atoms with van der Waals surface area (Å²) in [4.78, 5) is 21.1. The van der Waals surface area contributed by atoms with E-state index >= 15 is 0 Å². The lowest BCUT2D eigenvalue weighted by atomic mass is 10.1. The predicted molar refractivity (Wildman–Crippen MR) is 119 cm³/mol. The number of carbonyl (C=O) groups is 1. The van der Waals surface area contributed by atoms with Gasteiger partial charge in [-0.2, -0.15) is 0 Å². The van der Waals surface area contributed by atoms with Crippen molar-refractivity contribution in [3.05, 3.63) is 78.4 Å². The maximum atomic E-state index is 13.2. The molecule has 0 spiro atoms. The lowest BCUT2D eigenvalue weighted by Crippen LogP contribution is -2.19. The van der Waals surface area contributed by atoms with Gasteiger partial charge in [-0.3, -0.25) is 4.79 Å². The summed E-state index contributed by atoms with van der Waals surface area (Å²) in [6.07, 6.45) is 0. The summed E-state index contributed by atoms with van der Waals surface area (Å²) >= 11 is 1.37. The standard InChI is InChI=1S/C23H21N3O3S/c1-28-17-10-6-9-16(13-17)24-22(27)21(15-7-4-3-5-8-15)30-23-25-19-12-11-18(29-2)14-20(19)26-23/h3-14,21H,1-2H3,(H,24,27)(H,25,26)/t21-/m0/s1. The van der Waals surface area contributed by atoms with Crippen molar-refractivity contribution < 1.29 is 14.3 Å². The quantitative estimate of drug-likeness (QED) is 0.410. The third-order valence-corrected chi connectivity index (χ3v) is 5.71. The van der Waals surface area contributed by atoms with Crippen LogP contribution in [0.4, 0.5) is 5.69 Å². The number of H-pyrrole nitrogens is 1. The number of methoxy groups -OCH3 is 2. The second-order valence-electron chi connectivity index (χ2n) is 6.55. The summed E-state index contributed by atoms with van der Waals surface area (Å²) in [5.41, 5.74) is 3.24. The Morgan fingerprint density at radius 3 is 2.50 bits per heavy atom. The molecule has 1 aromatic heterocycles. The number of carbonyl (C=O) groups excluding carboxylic acids is 1. The zero-order valence-corrected chi connectivity index (χ0v) is 17.4. The number of hydrogen-bond donors (Lipinski definition) is 2. The highest BCUT2D eigenvalue weighted by molar-refractivity contribution is 8.00. The van der Waals surface area contributed by atoms with E-state index < -0.39 is 5.25 Å². The number of thioether (sulfide) groups is 1. The van der Waals surface area contributed by atoms with Gasteiger partial charge in [0.05, 0.1) is 25.3 Å². The highest BCUT2D eigenvalue weighted by atomic mass is 32.2. The molecule has 0 aliphatic carbocycles. The molecule has 4 aromatic rings. The van der Waals surface area contributed by atoms with Gasteiger partial charge in [-0.15, -0.1) is 0 Å². The van der Waals surface area contributed by atoms with E-state index in [1.165, 1.54) is 11.8 Å². The lowest BCUT2D eigenvalue weighted by molar-refractivity contribution is -0.115. The van der Waals surface area contributed by atoms with Gasteiger partial charge < -0.3 is 19.8 Å². The van der Waals surface area contributed by atoms with Crippen LogP contribution in [0.5, 0.6) is 11.5 Å². The molecular weight excluding hydrogens is 398 g/mol. The minimum atomic E-state index is -0.486. The van der Waals surface area contributed by atoms with Crippen molar-refractivity contribution in [1.29, 1.82) is 0 Å². The van der Waals surface area contributed by atoms with Crippen LogP contribution < -0.4 is 14.8 Å². The van der Waals surface area contributed by atoms with Crippen LogP contribution in [0.15, 0.2) is 78.0 Å². The molecule has 6 nitrogen and oxygen atoms in total. The average molecular weight is 420 g/mol. The monoisotopic (exact) mass is 419 g/mol. The Labute approximate surface area is 178 Å². The molecule has 0 radical (unpaired) electrons. The zero-order valence-electron chi connectivity index (χ0n) is 16.6. The molecule has 4 rings (SSSR count). The van der Waals surface area contributed by atoms with Crippen molar-refractivity contribution in [3.8, 4) is 11.5 Å². The van der Waals surface area contributed by atoms with Gasteiger partial charge in [0, 0.05) is 17.8 Å². The Morgan fingerprint density at radius 1 is 0.967 bits per heavy atom. The molecule has 1 heterocycles. The van der Waals surface area contributed by atoms with Gasteiger partial charge in [-0.1, -0.05) is 48.2 Å². The summed E-state index contributed by atoms with van der Waals surface area (Å²) < 4.78 is 10.5. The van der Waals surface area contributed by atoms with Crippen LogP contribution >= 0.6 is 11.8 Å². The van der Waals surface area contributed by atoms with Gasteiger partial charge in [-0.05, 0) is 29.8 Å². The molecule has 0 aliphatic rings. The molecule has 7 heteroatoms. The fourth-order valence-electron chi connectivity index (χ4n) is 3.07. The molecule has 30 heavy (non-hydrogen) atoms. The van der Waals surface area contributed by atoms with Gasteiger partial charge in [-0.25, -0.2) is 4.98 Å². The van der Waals surface area contributed by atoms with Crippen LogP contribution in [-0.4, -0.2) is 30.1 Å². The molecule has 1 amide bonds. The maximum Gasteiger partial charge on any atom is 0.242 e. The first-order valence-electron chi connectivity index (χ1n) is 9.36. The van der Waals surface area contributed by atoms with E-state index in [4.69, 9.17) is 9.47 Å². The average Bonchev–Trinajstić information content (AvgIpc) is 3.19. The molecular formula is C23H21N3O3S. The normalized spacial score (nSPS) is 11.8. The Balaban J connectivity index is 1.62. The van der Waals surface area contributed by atoms with Gasteiger partial charge in [0.2, 0.25) is 5.91 Å². The number of aromatic nitrogens is 2. The van der Waals surface area contributed by atoms with Gasteiger partial charge >= 0.3 is 0 Å². The molecule has 2 N–H and O–H groups in total. The Morgan fingerprint density at radius 2 is 1.73 bits per heavy atom. The SMILES string of the molecule is COc1cccc(NC(=O)[C@@H](Sc2nc3ccc(OC)cc3[nH]2)c2ccccc2)c1. The third kappa shape index (κ3) is 4.41. The highest BCUT2D eigenvalue weighted by Crippen LogP contribution is 2.36. The number of nitrogens with one attached hydrogen (secondary N) is 2. The number of anilines is 1. The van der Waals surface area contributed by atoms with Crippen molar-refractivity contribution in [1.82, 2.24) is 9.97 Å². The van der Waals surface area contributed by atoms with Crippen molar-refractivity contribution in [2.75, 3.05) is 19.5 Å². The van der Waals surface area contributed by atoms with E-state index in [9.17, 15) is 4.79 Å². The molecule has 0 fully saturated rings. The number of aromatic amines is 1. The maximum absolute atomic E-state index is 13.2. The van der Waals surface area contributed by atoms with Gasteiger partial charge in [0.15, 0.2) is 5.16 Å². The van der Waals surface area contributed by atoms with Crippen LogP contribution in [-0.2, 0) is 4.79 Å². The first-order valence-corrected chi connectivity index (χ1v) is 10.2. The van der Waals surface area contributed by atoms with Crippen LogP contribution in [0.1, 0.15) is 10.8 Å². The minimum Gasteiger partial charge on any atom is -0.497 e. The molecule has 0 bridgehead atoms. The predicted octanol–water partition coefficient (Wildman–Crippen LogP) is 5.05. The summed E-state index contributed by atoms with van der Waals surface area (Å²) in [6, 6.07) is 22.6. The first-order chi connectivity index (χ1) is 14.7. The summed E-state index contributed by atoms with van der Waals surface area (Å²) in [6.45, 7) is 0. The van der Waals surface area contributed by atoms with E-state index in [1.807, 2.05) is 66.7 Å². The van der Waals surface area contributed by atoms with E-state index in [0.717, 1.165) is 22.3 Å². The highest BCUT2D eigenvalue weighted by Gasteiger charge is 2.24. The molecule has 0 saturated heterocycles. The lowest BCUT2D eigenvalue weighted by Gasteiger charge is -2.16. The number of amides is 1. The Kier molecular flexibility index (Phi) is 5.90. The van der Waals surface area contributed by atoms with Crippen LogP contribution in [0.3, 0.4) is 0 Å². The molecule has 0 unspecified atom stereocenters. The number of fused-ring (bicyclic) bond motifs is 1. The second-order valence-corrected chi connectivity index (χ2v) is 7.65. The molecule has 0 aliphatic heterocycles. The van der Waals surface area contributed by atoms with E-state index in [1.54, 1.807) is 20.3 Å². The van der Waals surface area contributed by atoms with Crippen LogP contribution in [0.2, 0.25) is 0 Å². The Bertz CT molecular complexity index is 1160. The number of benzene rings is 3. The van der Waals surface area contributed by atoms with Crippen molar-refractivity contribution in [3.63, 3.8) is 0 Å². The number of nitrogens with zero attached hydrogens (tertiary/aromatic N) is 1. The smallest absolute Gasteiger partial charge is 0.242 e. The minimum absolute atomic E-state index is 0.141. The first kappa shape index (κ1) is 19.8. The summed E-state index contributed by atoms with van der Waals surface area (Å²) in [5.74, 6) is 1.29. The topological polar surface area (TPSA) is 76.2 Å². The molecule has 3 aromatic carbocycles. The third-order valence-electron chi connectivity index (χ3n) is 4.57. The molecule has 0 saturated carbocycles. The number of rotatable bonds is 7. The summed E-state index contributed by atoms with van der Waals surface area (Å²) in [5, 5.41) is 3.16. The van der Waals surface area contributed by atoms with Crippen molar-refractivity contribution in [2.45, 2.75) is 10.4 Å². The fraction of sp³-hybridized carbons (Fsp3) is 0.130.